The summed E-state index contributed by atoms with van der Waals surface area (Å²) in [6.07, 6.45) is 5.22. The highest BCUT2D eigenvalue weighted by Gasteiger charge is 2.48. The monoisotopic (exact) mass is 357 g/mol. The van der Waals surface area contributed by atoms with Crippen molar-refractivity contribution in [2.45, 2.75) is 43.7 Å². The van der Waals surface area contributed by atoms with Crippen LogP contribution < -0.4 is 31.9 Å². The molecule has 0 aromatic heterocycles. The molecule has 1 saturated carbocycles. The number of nitrogens with two attached hydrogens (primary N) is 1. The molecule has 0 amide bonds. The van der Waals surface area contributed by atoms with Crippen molar-refractivity contribution in [3.8, 4) is 17.2 Å². The zero-order chi connectivity index (χ0) is 16.4. The summed E-state index contributed by atoms with van der Waals surface area (Å²) in [5.74, 6) is 2.27. The molecular weight excluding hydrogens is 330 g/mol. The van der Waals surface area contributed by atoms with Crippen molar-refractivity contribution in [1.29, 1.82) is 0 Å². The van der Waals surface area contributed by atoms with Gasteiger partial charge in [-0.25, -0.2) is 0 Å². The maximum Gasteiger partial charge on any atom is 0.203 e. The summed E-state index contributed by atoms with van der Waals surface area (Å²) in [4.78, 5) is 0. The second-order valence-corrected chi connectivity index (χ2v) is 6.71. The second kappa shape index (κ2) is 7.81. The number of quaternary nitrogens is 1. The van der Waals surface area contributed by atoms with Gasteiger partial charge in [0.15, 0.2) is 11.5 Å². The van der Waals surface area contributed by atoms with Crippen LogP contribution in [0.5, 0.6) is 17.2 Å². The summed E-state index contributed by atoms with van der Waals surface area (Å²) in [5, 5.41) is 13.4. The van der Waals surface area contributed by atoms with Gasteiger partial charge in [0, 0.05) is 17.9 Å². The van der Waals surface area contributed by atoms with Gasteiger partial charge in [0.25, 0.3) is 0 Å². The molecule has 1 aliphatic heterocycles. The molecule has 24 heavy (non-hydrogen) atoms. The molecule has 1 aromatic carbocycles. The van der Waals surface area contributed by atoms with Gasteiger partial charge in [-0.1, -0.05) is 12.8 Å². The minimum atomic E-state index is -0.516. The average molecular weight is 358 g/mol. The van der Waals surface area contributed by atoms with E-state index in [1.165, 1.54) is 6.42 Å². The van der Waals surface area contributed by atoms with Crippen molar-refractivity contribution < 1.29 is 37.0 Å². The van der Waals surface area contributed by atoms with Crippen molar-refractivity contribution in [2.24, 2.45) is 5.92 Å². The molecule has 1 aliphatic carbocycles. The van der Waals surface area contributed by atoms with E-state index < -0.39 is 5.60 Å². The van der Waals surface area contributed by atoms with Crippen LogP contribution in [0.15, 0.2) is 12.1 Å². The van der Waals surface area contributed by atoms with Crippen LogP contribution in [0.1, 0.15) is 43.7 Å². The lowest BCUT2D eigenvalue weighted by Gasteiger charge is -2.46. The molecule has 0 bridgehead atoms. The van der Waals surface area contributed by atoms with Gasteiger partial charge in [-0.15, -0.1) is 0 Å². The van der Waals surface area contributed by atoms with Crippen LogP contribution in [0.3, 0.4) is 0 Å². The van der Waals surface area contributed by atoms with Crippen LogP contribution in [0, 0.1) is 5.92 Å². The Bertz CT molecular complexity index is 539. The fourth-order valence-corrected chi connectivity index (χ4v) is 4.41. The number of hydrogen-bond donors (Lipinski definition) is 2. The number of piperidine rings is 1. The minimum absolute atomic E-state index is 0. The Kier molecular flexibility index (Phi) is 6.23. The Labute approximate surface area is 150 Å². The van der Waals surface area contributed by atoms with Crippen LogP contribution in [0.4, 0.5) is 0 Å². The van der Waals surface area contributed by atoms with E-state index in [1.807, 2.05) is 12.1 Å². The van der Waals surface area contributed by atoms with Crippen molar-refractivity contribution in [1.82, 2.24) is 0 Å². The van der Waals surface area contributed by atoms with E-state index in [2.05, 4.69) is 5.32 Å². The number of ether oxygens (including phenoxy) is 3. The first-order valence-electron chi connectivity index (χ1n) is 8.48. The van der Waals surface area contributed by atoms with Gasteiger partial charge in [-0.2, -0.15) is 0 Å². The van der Waals surface area contributed by atoms with Crippen molar-refractivity contribution >= 4 is 0 Å². The molecule has 3 atom stereocenters. The van der Waals surface area contributed by atoms with Crippen molar-refractivity contribution in [3.63, 3.8) is 0 Å². The molecule has 5 nitrogen and oxygen atoms in total. The fraction of sp³-hybridized carbons (Fsp3) is 0.667. The molecule has 1 aromatic rings. The first kappa shape index (κ1) is 19.2. The lowest BCUT2D eigenvalue weighted by molar-refractivity contribution is -0.719. The molecule has 0 spiro atoms. The summed E-state index contributed by atoms with van der Waals surface area (Å²) in [6.45, 7) is 0.953. The van der Waals surface area contributed by atoms with Gasteiger partial charge >= 0.3 is 0 Å². The molecule has 2 aliphatic rings. The van der Waals surface area contributed by atoms with E-state index in [0.717, 1.165) is 37.8 Å². The summed E-state index contributed by atoms with van der Waals surface area (Å²) in [7, 11) is 4.90. The number of aliphatic hydroxyl groups is 1. The Morgan fingerprint density at radius 2 is 1.71 bits per heavy atom. The van der Waals surface area contributed by atoms with Crippen LogP contribution in [-0.4, -0.2) is 38.6 Å². The maximum atomic E-state index is 11.1. The van der Waals surface area contributed by atoms with Crippen molar-refractivity contribution in [2.75, 3.05) is 27.9 Å². The number of hydrogen-bond acceptors (Lipinski definition) is 4. The molecule has 3 rings (SSSR count). The molecule has 6 heteroatoms. The highest BCUT2D eigenvalue weighted by Crippen LogP contribution is 2.46. The second-order valence-electron chi connectivity index (χ2n) is 6.71. The maximum absolute atomic E-state index is 11.1. The first-order chi connectivity index (χ1) is 11.1. The van der Waals surface area contributed by atoms with Gasteiger partial charge < -0.3 is 37.0 Å². The zero-order valence-electron chi connectivity index (χ0n) is 14.7. The predicted octanol–water partition coefficient (Wildman–Crippen LogP) is -1.35. The van der Waals surface area contributed by atoms with Gasteiger partial charge in [0.05, 0.1) is 33.5 Å². The summed E-state index contributed by atoms with van der Waals surface area (Å²) >= 11 is 0. The third-order valence-electron chi connectivity index (χ3n) is 5.57. The average Bonchev–Trinajstić information content (AvgIpc) is 2.59. The topological polar surface area (TPSA) is 64.5 Å². The number of fused-ring (bicyclic) bond motifs is 1. The molecule has 0 unspecified atom stereocenters. The van der Waals surface area contributed by atoms with E-state index in [9.17, 15) is 5.11 Å². The molecule has 1 saturated heterocycles. The van der Waals surface area contributed by atoms with Gasteiger partial charge in [-0.3, -0.25) is 0 Å². The molecule has 2 fully saturated rings. The predicted molar refractivity (Wildman–Crippen MR) is 87.2 cm³/mol. The van der Waals surface area contributed by atoms with Crippen molar-refractivity contribution in [3.05, 3.63) is 17.7 Å². The number of benzene rings is 1. The standard InChI is InChI=1S/C18H27NO4.ClH/c1-21-14-10-12(11-15(22-2)17(14)23-3)16-13-6-4-5-7-18(13,20)8-9-19-16;/h10-11,13,16,19-20H,4-9H2,1-3H3;1H/t13-,16-,18+;/m1./s1. The Morgan fingerprint density at radius 1 is 1.04 bits per heavy atom. The van der Waals surface area contributed by atoms with Crippen LogP contribution in [0.25, 0.3) is 0 Å². The Balaban J connectivity index is 0.00000208. The summed E-state index contributed by atoms with van der Waals surface area (Å²) in [5.41, 5.74) is 0.627. The smallest absolute Gasteiger partial charge is 0.203 e. The molecule has 136 valence electrons. The number of rotatable bonds is 4. The first-order valence-corrected chi connectivity index (χ1v) is 8.48. The lowest BCUT2D eigenvalue weighted by atomic mass is 9.67. The largest absolute Gasteiger partial charge is 1.00 e. The third kappa shape index (κ3) is 3.30. The normalized spacial score (nSPS) is 29.2. The molecule has 1 heterocycles. The highest BCUT2D eigenvalue weighted by atomic mass is 35.5. The highest BCUT2D eigenvalue weighted by molar-refractivity contribution is 5.54. The molecular formula is C18H28ClNO4. The lowest BCUT2D eigenvalue weighted by Crippen LogP contribution is -3.00. The Morgan fingerprint density at radius 3 is 2.29 bits per heavy atom. The SMILES string of the molecule is COc1cc([C@H]2[NH2+]CC[C@@]3(O)CCCC[C@H]23)cc(OC)c1OC.[Cl-]. The van der Waals surface area contributed by atoms with E-state index >= 15 is 0 Å². The van der Waals surface area contributed by atoms with E-state index in [0.29, 0.717) is 17.2 Å². The van der Waals surface area contributed by atoms with Gasteiger partial charge in [0.2, 0.25) is 5.75 Å². The minimum Gasteiger partial charge on any atom is -1.00 e. The Hall–Kier alpha value is -1.17. The number of methoxy groups -OCH3 is 3. The fourth-order valence-electron chi connectivity index (χ4n) is 4.41. The van der Waals surface area contributed by atoms with Gasteiger partial charge in [-0.05, 0) is 25.0 Å². The van der Waals surface area contributed by atoms with E-state index in [4.69, 9.17) is 14.2 Å². The summed E-state index contributed by atoms with van der Waals surface area (Å²) < 4.78 is 16.4. The van der Waals surface area contributed by atoms with Crippen LogP contribution in [0.2, 0.25) is 0 Å². The van der Waals surface area contributed by atoms with E-state index in [1.54, 1.807) is 21.3 Å². The van der Waals surface area contributed by atoms with E-state index in [-0.39, 0.29) is 24.4 Å². The molecule has 0 radical (unpaired) electrons. The quantitative estimate of drug-likeness (QED) is 0.699. The molecule has 3 N–H and O–H groups in total. The third-order valence-corrected chi connectivity index (χ3v) is 5.57. The van der Waals surface area contributed by atoms with Crippen LogP contribution >= 0.6 is 0 Å². The van der Waals surface area contributed by atoms with Crippen LogP contribution in [-0.2, 0) is 0 Å². The number of halogens is 1. The summed E-state index contributed by atoms with van der Waals surface area (Å²) in [6, 6.07) is 4.30. The van der Waals surface area contributed by atoms with Gasteiger partial charge in [0.1, 0.15) is 6.04 Å². The zero-order valence-corrected chi connectivity index (χ0v) is 15.4.